The van der Waals surface area contributed by atoms with Crippen LogP contribution in [0.25, 0.3) is 0 Å². The number of hydrogen-bond acceptors (Lipinski definition) is 9. The number of unbranched alkanes of at least 4 members (excludes halogenated alkanes) is 2. The molecule has 13 heteroatoms. The lowest BCUT2D eigenvalue weighted by Crippen LogP contribution is -2.49. The number of carbonyl (C=O) groups excluding carboxylic acids is 3. The van der Waals surface area contributed by atoms with Gasteiger partial charge < -0.3 is 35.1 Å². The topological polar surface area (TPSA) is 123 Å². The molecule has 0 aromatic heterocycles. The predicted molar refractivity (Wildman–Crippen MR) is 208 cm³/mol. The number of thioether (sulfide) groups is 2. The molecule has 0 spiro atoms. The fourth-order valence-electron chi connectivity index (χ4n) is 4.94. The zero-order chi connectivity index (χ0) is 35.6. The van der Waals surface area contributed by atoms with E-state index in [9.17, 15) is 14.4 Å². The summed E-state index contributed by atoms with van der Waals surface area (Å²) in [6, 6.07) is 14.9. The first-order valence-electron chi connectivity index (χ1n) is 17.4. The molecule has 2 atom stereocenters. The van der Waals surface area contributed by atoms with Crippen LogP contribution < -0.4 is 20.5 Å². The first kappa shape index (κ1) is 43.4. The summed E-state index contributed by atoms with van der Waals surface area (Å²) in [7, 11) is 0. The number of nitrogens with two attached hydrogens (primary N) is 1. The van der Waals surface area contributed by atoms with Crippen LogP contribution in [0.15, 0.2) is 48.5 Å². The van der Waals surface area contributed by atoms with Crippen molar-refractivity contribution >= 4 is 53.8 Å². The van der Waals surface area contributed by atoms with E-state index in [1.54, 1.807) is 49.2 Å². The lowest BCUT2D eigenvalue weighted by molar-refractivity contribution is -0.133. The lowest BCUT2D eigenvalue weighted by atomic mass is 10.2. The molecule has 3 N–H and O–H groups in total. The molecule has 2 unspecified atom stereocenters. The number of hydrogen-bond donors (Lipinski definition) is 2. The number of nitrogens with zero attached hydrogens (tertiary/aromatic N) is 2. The first-order chi connectivity index (χ1) is 23.5. The van der Waals surface area contributed by atoms with Crippen molar-refractivity contribution in [3.05, 3.63) is 59.7 Å². The van der Waals surface area contributed by atoms with E-state index in [0.29, 0.717) is 25.4 Å². The second-order valence-electron chi connectivity index (χ2n) is 13.2. The van der Waals surface area contributed by atoms with Crippen molar-refractivity contribution in [2.24, 2.45) is 5.73 Å². The Morgan fingerprint density at radius 3 is 1.72 bits per heavy atom. The number of rotatable bonds is 13. The van der Waals surface area contributed by atoms with Crippen LogP contribution in [-0.2, 0) is 27.4 Å². The van der Waals surface area contributed by atoms with Crippen LogP contribution in [0.3, 0.4) is 0 Å². The van der Waals surface area contributed by atoms with E-state index in [4.69, 9.17) is 19.9 Å². The third-order valence-electron chi connectivity index (χ3n) is 7.65. The highest BCUT2D eigenvalue weighted by Crippen LogP contribution is 2.20. The van der Waals surface area contributed by atoms with E-state index in [1.165, 1.54) is 0 Å². The molecule has 3 amide bonds. The second-order valence-corrected chi connectivity index (χ2v) is 15.5. The Bertz CT molecular complexity index is 1300. The lowest BCUT2D eigenvalue weighted by Gasteiger charge is -2.26. The number of halogens is 1. The van der Waals surface area contributed by atoms with Crippen molar-refractivity contribution in [3.8, 4) is 11.5 Å². The molecule has 2 saturated heterocycles. The molecule has 0 radical (unpaired) electrons. The Balaban J connectivity index is 0.000000353. The van der Waals surface area contributed by atoms with Gasteiger partial charge in [0.25, 0.3) is 0 Å². The van der Waals surface area contributed by atoms with E-state index >= 15 is 0 Å². The first-order valence-corrected chi connectivity index (χ1v) is 19.7. The van der Waals surface area contributed by atoms with E-state index in [-0.39, 0.29) is 30.3 Å². The Kier molecular flexibility index (Phi) is 19.9. The summed E-state index contributed by atoms with van der Waals surface area (Å²) < 4.78 is 16.6. The molecule has 2 aliphatic heterocycles. The van der Waals surface area contributed by atoms with Gasteiger partial charge in [0, 0.05) is 49.2 Å². The maximum atomic E-state index is 12.9. The average molecular weight is 753 g/mol. The summed E-state index contributed by atoms with van der Waals surface area (Å²) in [6.45, 7) is 13.7. The van der Waals surface area contributed by atoms with E-state index in [2.05, 4.69) is 19.2 Å². The molecule has 2 aromatic carbocycles. The minimum Gasteiger partial charge on any atom is -0.494 e. The van der Waals surface area contributed by atoms with Crippen LogP contribution in [0.4, 0.5) is 4.79 Å². The number of amides is 3. The zero-order valence-electron chi connectivity index (χ0n) is 30.3. The van der Waals surface area contributed by atoms with Gasteiger partial charge in [-0.2, -0.15) is 23.5 Å². The quantitative estimate of drug-likeness (QED) is 0.220. The van der Waals surface area contributed by atoms with Gasteiger partial charge in [-0.05, 0) is 69.0 Å². The number of alkyl carbamates (subject to hydrolysis) is 1. The van der Waals surface area contributed by atoms with Crippen LogP contribution in [0, 0.1) is 0 Å². The van der Waals surface area contributed by atoms with Gasteiger partial charge in [0.2, 0.25) is 11.8 Å². The largest absolute Gasteiger partial charge is 0.494 e. The smallest absolute Gasteiger partial charge is 0.408 e. The Morgan fingerprint density at radius 1 is 0.800 bits per heavy atom. The highest BCUT2D eigenvalue weighted by molar-refractivity contribution is 7.99. The molecular formula is C37H57ClN4O6S2. The van der Waals surface area contributed by atoms with Gasteiger partial charge in [-0.1, -0.05) is 51.0 Å². The van der Waals surface area contributed by atoms with Crippen LogP contribution in [-0.4, -0.2) is 94.7 Å². The minimum absolute atomic E-state index is 0. The molecule has 10 nitrogen and oxygen atoms in total. The summed E-state index contributed by atoms with van der Waals surface area (Å²) in [5.41, 5.74) is 7.45. The van der Waals surface area contributed by atoms with Crippen LogP contribution in [0.1, 0.15) is 71.4 Å². The number of benzene rings is 2. The number of ether oxygens (including phenoxy) is 3. The van der Waals surface area contributed by atoms with Crippen LogP contribution in [0.2, 0.25) is 0 Å². The van der Waals surface area contributed by atoms with Crippen LogP contribution >= 0.6 is 35.9 Å². The van der Waals surface area contributed by atoms with Gasteiger partial charge in [-0.25, -0.2) is 4.79 Å². The summed E-state index contributed by atoms with van der Waals surface area (Å²) in [5.74, 6) is 4.80. The van der Waals surface area contributed by atoms with Crippen molar-refractivity contribution in [2.75, 3.05) is 49.3 Å². The SMILES string of the molecule is CCCCOc1ccc(CN2CCSCC(N)C2=O)cc1.CCCCOc1ccc(CN2CCSCC(NC(=O)OC(C)(C)C)C2=O)cc1.Cl. The second kappa shape index (κ2) is 22.9. The van der Waals surface area contributed by atoms with Gasteiger partial charge in [-0.3, -0.25) is 9.59 Å². The Hall–Kier alpha value is -2.80. The molecule has 2 aliphatic rings. The Morgan fingerprint density at radius 2 is 1.26 bits per heavy atom. The van der Waals surface area contributed by atoms with Gasteiger partial charge in [-0.15, -0.1) is 12.4 Å². The fraction of sp³-hybridized carbons (Fsp3) is 0.595. The van der Waals surface area contributed by atoms with Crippen molar-refractivity contribution in [1.82, 2.24) is 15.1 Å². The number of carbonyl (C=O) groups is 3. The van der Waals surface area contributed by atoms with Gasteiger partial charge in [0.15, 0.2) is 0 Å². The van der Waals surface area contributed by atoms with E-state index in [0.717, 1.165) is 85.3 Å². The monoisotopic (exact) mass is 752 g/mol. The summed E-state index contributed by atoms with van der Waals surface area (Å²) in [6.07, 6.45) is 3.79. The molecule has 0 saturated carbocycles. The van der Waals surface area contributed by atoms with Crippen molar-refractivity contribution in [2.45, 2.75) is 91.1 Å². The molecule has 50 heavy (non-hydrogen) atoms. The summed E-state index contributed by atoms with van der Waals surface area (Å²) >= 11 is 3.41. The maximum Gasteiger partial charge on any atom is 0.408 e. The van der Waals surface area contributed by atoms with Gasteiger partial charge in [0.05, 0.1) is 19.3 Å². The molecular weight excluding hydrogens is 696 g/mol. The fourth-order valence-corrected chi connectivity index (χ4v) is 6.83. The molecule has 2 aromatic rings. The van der Waals surface area contributed by atoms with Crippen molar-refractivity contribution in [3.63, 3.8) is 0 Å². The zero-order valence-corrected chi connectivity index (χ0v) is 32.8. The third kappa shape index (κ3) is 16.0. The third-order valence-corrected chi connectivity index (χ3v) is 9.76. The highest BCUT2D eigenvalue weighted by atomic mass is 35.5. The normalized spacial score (nSPS) is 18.1. The maximum absolute atomic E-state index is 12.9. The molecule has 280 valence electrons. The minimum atomic E-state index is -0.592. The summed E-state index contributed by atoms with van der Waals surface area (Å²) in [5, 5.41) is 2.73. The Labute approximate surface area is 313 Å². The molecule has 4 rings (SSSR count). The highest BCUT2D eigenvalue weighted by Gasteiger charge is 2.30. The molecule has 2 fully saturated rings. The standard InChI is InChI=1S/C21H32N2O4S.C16H24N2O2S.ClH/c1-5-6-12-26-17-9-7-16(8-10-17)14-23-11-13-28-15-18(19(23)24)22-20(25)27-21(2,3)4;1-2-3-9-20-14-6-4-13(5-7-14)11-18-8-10-21-12-15(17)16(18)19;/h7-10,18H,5-6,11-15H2,1-4H3,(H,22,25);4-7,15H,2-3,8-12,17H2,1H3;1H. The number of nitrogens with one attached hydrogen (secondary N) is 1. The van der Waals surface area contributed by atoms with Gasteiger partial charge in [0.1, 0.15) is 23.1 Å². The molecule has 2 heterocycles. The van der Waals surface area contributed by atoms with E-state index in [1.807, 2.05) is 53.4 Å². The average Bonchev–Trinajstić information content (AvgIpc) is 3.33. The molecule has 0 aliphatic carbocycles. The van der Waals surface area contributed by atoms with Crippen molar-refractivity contribution < 1.29 is 28.6 Å². The summed E-state index contributed by atoms with van der Waals surface area (Å²) in [4.78, 5) is 40.8. The predicted octanol–water partition coefficient (Wildman–Crippen LogP) is 6.52. The van der Waals surface area contributed by atoms with Crippen molar-refractivity contribution in [1.29, 1.82) is 0 Å². The van der Waals surface area contributed by atoms with Gasteiger partial charge >= 0.3 is 6.09 Å². The molecule has 0 bridgehead atoms. The van der Waals surface area contributed by atoms with Crippen LogP contribution in [0.5, 0.6) is 11.5 Å². The van der Waals surface area contributed by atoms with E-state index < -0.39 is 17.7 Å².